The quantitative estimate of drug-likeness (QED) is 0.714. The van der Waals surface area contributed by atoms with Gasteiger partial charge >= 0.3 is 0 Å². The van der Waals surface area contributed by atoms with Crippen LogP contribution in [0.1, 0.15) is 23.6 Å². The molecule has 0 aromatic heterocycles. The van der Waals surface area contributed by atoms with Gasteiger partial charge in [-0.3, -0.25) is 0 Å². The Morgan fingerprint density at radius 3 is 1.59 bits per heavy atom. The van der Waals surface area contributed by atoms with Crippen molar-refractivity contribution in [3.05, 3.63) is 68.8 Å². The highest BCUT2D eigenvalue weighted by molar-refractivity contribution is 14.1. The molecule has 0 amide bonds. The van der Waals surface area contributed by atoms with Gasteiger partial charge in [-0.1, -0.05) is 43.3 Å². The highest BCUT2D eigenvalue weighted by Crippen LogP contribution is 2.11. The number of aryl methyl sites for hydroxylation is 3. The molecule has 2 aromatic carbocycles. The van der Waals surface area contributed by atoms with Gasteiger partial charge < -0.3 is 0 Å². The molecule has 1 heteroatoms. The monoisotopic (exact) mass is 336 g/mol. The Labute approximate surface area is 117 Å². The first-order chi connectivity index (χ1) is 8.28. The van der Waals surface area contributed by atoms with Crippen molar-refractivity contribution in [1.82, 2.24) is 0 Å². The lowest BCUT2D eigenvalue weighted by Crippen LogP contribution is -1.92. The molecule has 2 rings (SSSR count). The zero-order valence-electron chi connectivity index (χ0n) is 10.1. The molecule has 0 N–H and O–H groups in total. The minimum absolute atomic E-state index is 1.12. The molecule has 0 aliphatic heterocycles. The summed E-state index contributed by atoms with van der Waals surface area (Å²) in [6.45, 7) is 2.20. The number of hydrogen-bond acceptors (Lipinski definition) is 0. The number of rotatable bonds is 4. The lowest BCUT2D eigenvalue weighted by molar-refractivity contribution is 0.956. The average molecular weight is 336 g/mol. The Kier molecular flexibility index (Phi) is 4.60. The van der Waals surface area contributed by atoms with Crippen LogP contribution in [0.3, 0.4) is 0 Å². The summed E-state index contributed by atoms with van der Waals surface area (Å²) < 4.78 is 1.30. The first kappa shape index (κ1) is 12.6. The van der Waals surface area contributed by atoms with Crippen LogP contribution in [0.4, 0.5) is 0 Å². The van der Waals surface area contributed by atoms with Crippen molar-refractivity contribution in [3.63, 3.8) is 0 Å². The lowest BCUT2D eigenvalue weighted by atomic mass is 10.0. The largest absolute Gasteiger partial charge is 0.0613 e. The standard InChI is InChI=1S/C16H17I/c1-2-13-3-5-14(6-4-13)7-8-15-9-11-16(17)12-10-15/h3-6,9-12H,2,7-8H2,1H3. The van der Waals surface area contributed by atoms with Gasteiger partial charge in [-0.05, 0) is 70.7 Å². The van der Waals surface area contributed by atoms with Crippen molar-refractivity contribution in [2.75, 3.05) is 0 Å². The third kappa shape index (κ3) is 3.84. The molecule has 0 aliphatic rings. The van der Waals surface area contributed by atoms with E-state index in [1.165, 1.54) is 20.3 Å². The van der Waals surface area contributed by atoms with Crippen LogP contribution in [0, 0.1) is 3.57 Å². The van der Waals surface area contributed by atoms with Gasteiger partial charge in [-0.2, -0.15) is 0 Å². The molecule has 0 saturated carbocycles. The molecule has 88 valence electrons. The van der Waals surface area contributed by atoms with Crippen molar-refractivity contribution in [2.45, 2.75) is 26.2 Å². The summed E-state index contributed by atoms with van der Waals surface area (Å²) >= 11 is 2.34. The number of halogens is 1. The maximum atomic E-state index is 2.34. The fourth-order valence-electron chi connectivity index (χ4n) is 1.88. The van der Waals surface area contributed by atoms with Crippen molar-refractivity contribution >= 4 is 22.6 Å². The molecule has 0 saturated heterocycles. The fraction of sp³-hybridized carbons (Fsp3) is 0.250. The molecule has 0 aliphatic carbocycles. The maximum Gasteiger partial charge on any atom is 0.0130 e. The lowest BCUT2D eigenvalue weighted by Gasteiger charge is -2.03. The molecule has 0 heterocycles. The zero-order valence-corrected chi connectivity index (χ0v) is 12.3. The molecule has 0 bridgehead atoms. The predicted octanol–water partition coefficient (Wildman–Crippen LogP) is 4.64. The van der Waals surface area contributed by atoms with E-state index in [0.29, 0.717) is 0 Å². The normalized spacial score (nSPS) is 10.5. The van der Waals surface area contributed by atoms with Crippen LogP contribution >= 0.6 is 22.6 Å². The molecule has 0 fully saturated rings. The minimum Gasteiger partial charge on any atom is -0.0613 e. The van der Waals surface area contributed by atoms with Crippen LogP contribution in [0.15, 0.2) is 48.5 Å². The van der Waals surface area contributed by atoms with Gasteiger partial charge in [0.25, 0.3) is 0 Å². The van der Waals surface area contributed by atoms with Crippen molar-refractivity contribution < 1.29 is 0 Å². The van der Waals surface area contributed by atoms with Crippen LogP contribution in [0.25, 0.3) is 0 Å². The second-order valence-electron chi connectivity index (χ2n) is 4.30. The SMILES string of the molecule is CCc1ccc(CCc2ccc(I)cc2)cc1. The Bertz CT molecular complexity index is 454. The smallest absolute Gasteiger partial charge is 0.0130 e. The summed E-state index contributed by atoms with van der Waals surface area (Å²) in [7, 11) is 0. The van der Waals surface area contributed by atoms with Crippen LogP contribution in [-0.4, -0.2) is 0 Å². The molecule has 0 unspecified atom stereocenters. The minimum atomic E-state index is 1.12. The van der Waals surface area contributed by atoms with Crippen LogP contribution in [-0.2, 0) is 19.3 Å². The van der Waals surface area contributed by atoms with E-state index < -0.39 is 0 Å². The van der Waals surface area contributed by atoms with E-state index >= 15 is 0 Å². The van der Waals surface area contributed by atoms with E-state index in [0.717, 1.165) is 19.3 Å². The van der Waals surface area contributed by atoms with Crippen LogP contribution in [0.5, 0.6) is 0 Å². The van der Waals surface area contributed by atoms with Gasteiger partial charge in [0.05, 0.1) is 0 Å². The van der Waals surface area contributed by atoms with E-state index in [9.17, 15) is 0 Å². The second kappa shape index (κ2) is 6.20. The third-order valence-corrected chi connectivity index (χ3v) is 3.77. The molecule has 17 heavy (non-hydrogen) atoms. The van der Waals surface area contributed by atoms with Gasteiger partial charge in [-0.15, -0.1) is 0 Å². The van der Waals surface area contributed by atoms with E-state index in [1.54, 1.807) is 0 Å². The second-order valence-corrected chi connectivity index (χ2v) is 5.54. The molecule has 0 radical (unpaired) electrons. The van der Waals surface area contributed by atoms with Gasteiger partial charge in [0.2, 0.25) is 0 Å². The van der Waals surface area contributed by atoms with Gasteiger partial charge in [0.15, 0.2) is 0 Å². The average Bonchev–Trinajstić information content (AvgIpc) is 2.39. The Morgan fingerprint density at radius 2 is 1.12 bits per heavy atom. The molecule has 0 atom stereocenters. The number of hydrogen-bond donors (Lipinski definition) is 0. The van der Waals surface area contributed by atoms with E-state index in [-0.39, 0.29) is 0 Å². The highest BCUT2D eigenvalue weighted by atomic mass is 127. The Hall–Kier alpha value is -0.830. The summed E-state index contributed by atoms with van der Waals surface area (Å²) in [6.07, 6.45) is 3.38. The molecule has 2 aromatic rings. The summed E-state index contributed by atoms with van der Waals surface area (Å²) in [5.41, 5.74) is 4.27. The summed E-state index contributed by atoms with van der Waals surface area (Å²) in [5.74, 6) is 0. The van der Waals surface area contributed by atoms with Crippen molar-refractivity contribution in [2.24, 2.45) is 0 Å². The summed E-state index contributed by atoms with van der Waals surface area (Å²) in [5, 5.41) is 0. The first-order valence-electron chi connectivity index (χ1n) is 6.10. The zero-order chi connectivity index (χ0) is 12.1. The van der Waals surface area contributed by atoms with E-state index in [2.05, 4.69) is 78.0 Å². The Morgan fingerprint density at radius 1 is 0.706 bits per heavy atom. The van der Waals surface area contributed by atoms with Gasteiger partial charge in [0.1, 0.15) is 0 Å². The summed E-state index contributed by atoms with van der Waals surface area (Å²) in [4.78, 5) is 0. The summed E-state index contributed by atoms with van der Waals surface area (Å²) in [6, 6.07) is 17.8. The molecule has 0 nitrogen and oxygen atoms in total. The fourth-order valence-corrected chi connectivity index (χ4v) is 2.24. The van der Waals surface area contributed by atoms with Crippen molar-refractivity contribution in [1.29, 1.82) is 0 Å². The molecular formula is C16H17I. The maximum absolute atomic E-state index is 2.34. The van der Waals surface area contributed by atoms with E-state index in [1.807, 2.05) is 0 Å². The highest BCUT2D eigenvalue weighted by Gasteiger charge is 1.96. The molecule has 0 spiro atoms. The predicted molar refractivity (Wildman–Crippen MR) is 82.4 cm³/mol. The number of benzene rings is 2. The van der Waals surface area contributed by atoms with E-state index in [4.69, 9.17) is 0 Å². The van der Waals surface area contributed by atoms with Crippen molar-refractivity contribution in [3.8, 4) is 0 Å². The third-order valence-electron chi connectivity index (χ3n) is 3.05. The van der Waals surface area contributed by atoms with Gasteiger partial charge in [0, 0.05) is 3.57 Å². The Balaban J connectivity index is 1.95. The topological polar surface area (TPSA) is 0 Å². The van der Waals surface area contributed by atoms with Gasteiger partial charge in [-0.25, -0.2) is 0 Å². The first-order valence-corrected chi connectivity index (χ1v) is 7.18. The molecular weight excluding hydrogens is 319 g/mol. The van der Waals surface area contributed by atoms with Crippen LogP contribution in [0.2, 0.25) is 0 Å². The van der Waals surface area contributed by atoms with Crippen LogP contribution < -0.4 is 0 Å².